The topological polar surface area (TPSA) is 39.1 Å². The Morgan fingerprint density at radius 2 is 1.88 bits per heavy atom. The lowest BCUT2D eigenvalue weighted by molar-refractivity contribution is 0.235. The molecule has 0 fully saturated rings. The van der Waals surface area contributed by atoms with Gasteiger partial charge in [0.05, 0.1) is 12.1 Å². The number of nitrogens with zero attached hydrogens (tertiary/aromatic N) is 2. The van der Waals surface area contributed by atoms with Crippen molar-refractivity contribution in [2.75, 3.05) is 13.6 Å². The Bertz CT molecular complexity index is 208. The van der Waals surface area contributed by atoms with E-state index in [9.17, 15) is 0 Å². The Morgan fingerprint density at radius 3 is 2.31 bits per heavy atom. The molecule has 0 heterocycles. The fourth-order valence-electron chi connectivity index (χ4n) is 1.78. The van der Waals surface area contributed by atoms with Gasteiger partial charge < -0.3 is 4.90 Å². The van der Waals surface area contributed by atoms with Gasteiger partial charge in [-0.3, -0.25) is 5.32 Å². The van der Waals surface area contributed by atoms with Crippen molar-refractivity contribution in [3.8, 4) is 6.07 Å². The minimum atomic E-state index is -0.0173. The predicted octanol–water partition coefficient (Wildman–Crippen LogP) is 2.39. The van der Waals surface area contributed by atoms with E-state index < -0.39 is 0 Å². The molecule has 3 heteroatoms. The maximum absolute atomic E-state index is 9.00. The van der Waals surface area contributed by atoms with Crippen LogP contribution in [0, 0.1) is 11.3 Å². The van der Waals surface area contributed by atoms with Crippen LogP contribution in [0.15, 0.2) is 0 Å². The first-order valence-electron chi connectivity index (χ1n) is 6.37. The second kappa shape index (κ2) is 8.55. The first kappa shape index (κ1) is 15.4. The number of nitrogens with one attached hydrogen (secondary N) is 1. The highest BCUT2D eigenvalue weighted by Gasteiger charge is 2.12. The van der Waals surface area contributed by atoms with E-state index >= 15 is 0 Å². The maximum Gasteiger partial charge on any atom is 0.0967 e. The third-order valence-corrected chi connectivity index (χ3v) is 2.92. The smallest absolute Gasteiger partial charge is 0.0967 e. The molecule has 3 nitrogen and oxygen atoms in total. The Hall–Kier alpha value is -0.590. The van der Waals surface area contributed by atoms with Gasteiger partial charge in [-0.25, -0.2) is 0 Å². The highest BCUT2D eigenvalue weighted by molar-refractivity contribution is 4.91. The van der Waals surface area contributed by atoms with Crippen LogP contribution in [0.25, 0.3) is 0 Å². The summed E-state index contributed by atoms with van der Waals surface area (Å²) in [7, 11) is 2.14. The summed E-state index contributed by atoms with van der Waals surface area (Å²) in [6.45, 7) is 9.60. The molecule has 2 unspecified atom stereocenters. The lowest BCUT2D eigenvalue weighted by atomic mass is 10.1. The zero-order valence-corrected chi connectivity index (χ0v) is 11.5. The van der Waals surface area contributed by atoms with Crippen LogP contribution in [0.4, 0.5) is 0 Å². The first-order valence-corrected chi connectivity index (χ1v) is 6.37. The average molecular weight is 225 g/mol. The zero-order valence-electron chi connectivity index (χ0n) is 11.5. The summed E-state index contributed by atoms with van der Waals surface area (Å²) < 4.78 is 0. The van der Waals surface area contributed by atoms with E-state index in [1.165, 1.54) is 12.8 Å². The second-order valence-electron chi connectivity index (χ2n) is 4.91. The molecular weight excluding hydrogens is 198 g/mol. The molecule has 0 spiro atoms. The van der Waals surface area contributed by atoms with Gasteiger partial charge in [0.25, 0.3) is 0 Å². The Balaban J connectivity index is 3.88. The molecule has 0 rings (SSSR count). The van der Waals surface area contributed by atoms with Crippen molar-refractivity contribution in [2.45, 2.75) is 65.1 Å². The molecule has 0 aliphatic carbocycles. The molecule has 1 N–H and O–H groups in total. The fourth-order valence-corrected chi connectivity index (χ4v) is 1.78. The molecule has 0 saturated carbocycles. The Kier molecular flexibility index (Phi) is 8.23. The van der Waals surface area contributed by atoms with Crippen molar-refractivity contribution in [2.24, 2.45) is 0 Å². The van der Waals surface area contributed by atoms with Crippen molar-refractivity contribution in [1.29, 1.82) is 5.26 Å². The van der Waals surface area contributed by atoms with Crippen LogP contribution in [0.2, 0.25) is 0 Å². The van der Waals surface area contributed by atoms with E-state index in [2.05, 4.69) is 51.0 Å². The van der Waals surface area contributed by atoms with Crippen molar-refractivity contribution < 1.29 is 0 Å². The average Bonchev–Trinajstić information content (AvgIpc) is 2.23. The highest BCUT2D eigenvalue weighted by Crippen LogP contribution is 2.05. The SMILES string of the molecule is CCCC(C)N(C)CCC(C#N)NC(C)C. The maximum atomic E-state index is 9.00. The van der Waals surface area contributed by atoms with Crippen LogP contribution in [0.3, 0.4) is 0 Å². The third-order valence-electron chi connectivity index (χ3n) is 2.92. The first-order chi connectivity index (χ1) is 7.51. The fraction of sp³-hybridized carbons (Fsp3) is 0.923. The summed E-state index contributed by atoms with van der Waals surface area (Å²) >= 11 is 0. The summed E-state index contributed by atoms with van der Waals surface area (Å²) in [5.74, 6) is 0. The number of nitriles is 1. The van der Waals surface area contributed by atoms with E-state index in [1.807, 2.05) is 0 Å². The summed E-state index contributed by atoms with van der Waals surface area (Å²) in [4.78, 5) is 2.34. The molecule has 0 aromatic heterocycles. The standard InChI is InChI=1S/C13H27N3/c1-6-7-12(4)16(5)9-8-13(10-14)15-11(2)3/h11-13,15H,6-9H2,1-5H3. The van der Waals surface area contributed by atoms with Gasteiger partial charge in [-0.15, -0.1) is 0 Å². The summed E-state index contributed by atoms with van der Waals surface area (Å²) in [6.07, 6.45) is 3.35. The Morgan fingerprint density at radius 1 is 1.25 bits per heavy atom. The molecule has 0 amide bonds. The molecule has 16 heavy (non-hydrogen) atoms. The lowest BCUT2D eigenvalue weighted by Crippen LogP contribution is -2.38. The van der Waals surface area contributed by atoms with Crippen LogP contribution in [-0.2, 0) is 0 Å². The molecule has 2 atom stereocenters. The summed E-state index contributed by atoms with van der Waals surface area (Å²) in [5, 5.41) is 12.3. The molecule has 0 aromatic carbocycles. The second-order valence-corrected chi connectivity index (χ2v) is 4.91. The van der Waals surface area contributed by atoms with Gasteiger partial charge in [-0.05, 0) is 40.7 Å². The highest BCUT2D eigenvalue weighted by atomic mass is 15.1. The molecule has 0 aliphatic heterocycles. The Labute approximate surface area is 101 Å². The minimum Gasteiger partial charge on any atom is -0.304 e. The lowest BCUT2D eigenvalue weighted by Gasteiger charge is -2.25. The molecule has 0 aliphatic rings. The van der Waals surface area contributed by atoms with Crippen molar-refractivity contribution >= 4 is 0 Å². The van der Waals surface area contributed by atoms with Crippen LogP contribution in [0.1, 0.15) is 47.0 Å². The molecule has 94 valence electrons. The molecular formula is C13H27N3. The van der Waals surface area contributed by atoms with E-state index in [1.54, 1.807) is 0 Å². The molecule has 0 bridgehead atoms. The number of hydrogen-bond donors (Lipinski definition) is 1. The molecule has 0 radical (unpaired) electrons. The van der Waals surface area contributed by atoms with Crippen molar-refractivity contribution in [3.05, 3.63) is 0 Å². The summed E-state index contributed by atoms with van der Waals surface area (Å²) in [5.41, 5.74) is 0. The van der Waals surface area contributed by atoms with Crippen molar-refractivity contribution in [3.63, 3.8) is 0 Å². The third kappa shape index (κ3) is 6.81. The minimum absolute atomic E-state index is 0.0173. The molecule has 0 aromatic rings. The zero-order chi connectivity index (χ0) is 12.6. The van der Waals surface area contributed by atoms with E-state index in [-0.39, 0.29) is 6.04 Å². The van der Waals surface area contributed by atoms with E-state index in [4.69, 9.17) is 5.26 Å². The normalized spacial score (nSPS) is 15.1. The van der Waals surface area contributed by atoms with Gasteiger partial charge in [0, 0.05) is 18.6 Å². The van der Waals surface area contributed by atoms with Crippen molar-refractivity contribution in [1.82, 2.24) is 10.2 Å². The van der Waals surface area contributed by atoms with E-state index in [0.717, 1.165) is 13.0 Å². The number of rotatable bonds is 8. The van der Waals surface area contributed by atoms with Crippen LogP contribution in [-0.4, -0.2) is 36.6 Å². The van der Waals surface area contributed by atoms with Gasteiger partial charge in [0.2, 0.25) is 0 Å². The van der Waals surface area contributed by atoms with Gasteiger partial charge >= 0.3 is 0 Å². The van der Waals surface area contributed by atoms with Gasteiger partial charge in [-0.1, -0.05) is 13.3 Å². The van der Waals surface area contributed by atoms with Crippen LogP contribution < -0.4 is 5.32 Å². The van der Waals surface area contributed by atoms with Crippen LogP contribution in [0.5, 0.6) is 0 Å². The van der Waals surface area contributed by atoms with Gasteiger partial charge in [0.15, 0.2) is 0 Å². The monoisotopic (exact) mass is 225 g/mol. The molecule has 0 saturated heterocycles. The predicted molar refractivity (Wildman–Crippen MR) is 69.3 cm³/mol. The summed E-state index contributed by atoms with van der Waals surface area (Å²) in [6, 6.07) is 3.30. The van der Waals surface area contributed by atoms with Gasteiger partial charge in [0.1, 0.15) is 0 Å². The quantitative estimate of drug-likeness (QED) is 0.689. The largest absolute Gasteiger partial charge is 0.304 e. The van der Waals surface area contributed by atoms with Gasteiger partial charge in [-0.2, -0.15) is 5.26 Å². The number of hydrogen-bond acceptors (Lipinski definition) is 3. The van der Waals surface area contributed by atoms with E-state index in [0.29, 0.717) is 12.1 Å². The van der Waals surface area contributed by atoms with Crippen LogP contribution >= 0.6 is 0 Å².